The van der Waals surface area contributed by atoms with Gasteiger partial charge < -0.3 is 14.5 Å². The van der Waals surface area contributed by atoms with Crippen LogP contribution in [-0.4, -0.2) is 60.7 Å². The maximum atomic E-state index is 13.0. The molecule has 0 bridgehead atoms. The van der Waals surface area contributed by atoms with Crippen molar-refractivity contribution in [2.45, 2.75) is 43.0 Å². The van der Waals surface area contributed by atoms with E-state index in [2.05, 4.69) is 0 Å². The van der Waals surface area contributed by atoms with Crippen molar-refractivity contribution in [3.05, 3.63) is 59.9 Å². The number of halogens is 1. The smallest absolute Gasteiger partial charge is 0.254 e. The fourth-order valence-corrected chi connectivity index (χ4v) is 4.79. The van der Waals surface area contributed by atoms with Crippen molar-refractivity contribution < 1.29 is 18.7 Å². The molecule has 1 aliphatic carbocycles. The van der Waals surface area contributed by atoms with E-state index in [1.807, 2.05) is 30.1 Å². The average molecular weight is 459 g/mol. The van der Waals surface area contributed by atoms with E-state index in [0.717, 1.165) is 17.7 Å². The van der Waals surface area contributed by atoms with Crippen molar-refractivity contribution in [2.75, 3.05) is 33.0 Å². The van der Waals surface area contributed by atoms with Crippen LogP contribution in [-0.2, 0) is 4.79 Å². The molecule has 0 heterocycles. The van der Waals surface area contributed by atoms with Gasteiger partial charge in [-0.1, -0.05) is 31.4 Å². The highest BCUT2D eigenvalue weighted by molar-refractivity contribution is 8.00. The highest BCUT2D eigenvalue weighted by atomic mass is 32.2. The zero-order chi connectivity index (χ0) is 22.9. The van der Waals surface area contributed by atoms with Crippen LogP contribution in [0.4, 0.5) is 4.39 Å². The number of hydrogen-bond donors (Lipinski definition) is 0. The van der Waals surface area contributed by atoms with Crippen LogP contribution in [0.2, 0.25) is 0 Å². The lowest BCUT2D eigenvalue weighted by atomic mass is 9.94. The summed E-state index contributed by atoms with van der Waals surface area (Å²) in [7, 11) is 3.62. The molecule has 0 aromatic heterocycles. The SMILES string of the molecule is CN(CCOc1ccc(F)cc1)C(=O)c1ccccc1SCC(=O)N(C)C1CCCCC1. The highest BCUT2D eigenvalue weighted by Crippen LogP contribution is 2.26. The maximum Gasteiger partial charge on any atom is 0.254 e. The molecule has 0 atom stereocenters. The zero-order valence-electron chi connectivity index (χ0n) is 18.8. The number of likely N-dealkylation sites (N-methyl/N-ethyl adjacent to an activating group) is 1. The van der Waals surface area contributed by atoms with E-state index in [1.54, 1.807) is 30.1 Å². The highest BCUT2D eigenvalue weighted by Gasteiger charge is 2.23. The number of amides is 2. The Morgan fingerprint density at radius 2 is 1.72 bits per heavy atom. The minimum absolute atomic E-state index is 0.102. The van der Waals surface area contributed by atoms with Crippen LogP contribution in [0.15, 0.2) is 53.4 Å². The van der Waals surface area contributed by atoms with Crippen LogP contribution in [0, 0.1) is 5.82 Å². The first-order valence-electron chi connectivity index (χ1n) is 11.1. The molecular weight excluding hydrogens is 427 g/mol. The number of rotatable bonds is 9. The molecule has 3 rings (SSSR count). The molecule has 0 unspecified atom stereocenters. The lowest BCUT2D eigenvalue weighted by Crippen LogP contribution is -2.39. The van der Waals surface area contributed by atoms with E-state index in [0.29, 0.717) is 36.3 Å². The Balaban J connectivity index is 1.53. The molecule has 7 heteroatoms. The predicted molar refractivity (Wildman–Crippen MR) is 126 cm³/mol. The van der Waals surface area contributed by atoms with Crippen LogP contribution in [0.5, 0.6) is 5.75 Å². The van der Waals surface area contributed by atoms with E-state index in [-0.39, 0.29) is 17.6 Å². The molecule has 32 heavy (non-hydrogen) atoms. The number of benzene rings is 2. The van der Waals surface area contributed by atoms with Gasteiger partial charge in [-0.2, -0.15) is 0 Å². The van der Waals surface area contributed by atoms with Gasteiger partial charge in [-0.15, -0.1) is 11.8 Å². The third-order valence-corrected chi connectivity index (χ3v) is 6.90. The number of carbonyl (C=O) groups excluding carboxylic acids is 2. The Morgan fingerprint density at radius 3 is 2.44 bits per heavy atom. The molecule has 0 aliphatic heterocycles. The first-order valence-corrected chi connectivity index (χ1v) is 12.1. The molecule has 1 saturated carbocycles. The first-order chi connectivity index (χ1) is 15.5. The summed E-state index contributed by atoms with van der Waals surface area (Å²) in [5, 5.41) is 0. The van der Waals surface area contributed by atoms with E-state index in [9.17, 15) is 14.0 Å². The lowest BCUT2D eigenvalue weighted by Gasteiger charge is -2.31. The summed E-state index contributed by atoms with van der Waals surface area (Å²) in [4.78, 5) is 30.0. The van der Waals surface area contributed by atoms with Gasteiger partial charge in [0.15, 0.2) is 0 Å². The third kappa shape index (κ3) is 6.73. The van der Waals surface area contributed by atoms with Crippen molar-refractivity contribution in [2.24, 2.45) is 0 Å². The molecule has 2 aromatic rings. The summed E-state index contributed by atoms with van der Waals surface area (Å²) < 4.78 is 18.6. The summed E-state index contributed by atoms with van der Waals surface area (Å²) in [6.07, 6.45) is 5.78. The van der Waals surface area contributed by atoms with Gasteiger partial charge in [0.25, 0.3) is 5.91 Å². The molecular formula is C25H31FN2O3S. The van der Waals surface area contributed by atoms with E-state index in [4.69, 9.17) is 4.74 Å². The van der Waals surface area contributed by atoms with E-state index < -0.39 is 0 Å². The first kappa shape index (κ1) is 24.1. The zero-order valence-corrected chi connectivity index (χ0v) is 19.6. The second kappa shape index (κ2) is 11.9. The fraction of sp³-hybridized carbons (Fsp3) is 0.440. The van der Waals surface area contributed by atoms with Crippen LogP contribution >= 0.6 is 11.8 Å². The summed E-state index contributed by atoms with van der Waals surface area (Å²) in [5.41, 5.74) is 0.579. The molecule has 1 aliphatic rings. The van der Waals surface area contributed by atoms with Gasteiger partial charge >= 0.3 is 0 Å². The molecule has 5 nitrogen and oxygen atoms in total. The molecule has 1 fully saturated rings. The maximum absolute atomic E-state index is 13.0. The molecule has 0 spiro atoms. The second-order valence-corrected chi connectivity index (χ2v) is 9.13. The van der Waals surface area contributed by atoms with Gasteiger partial charge in [-0.05, 0) is 49.2 Å². The van der Waals surface area contributed by atoms with E-state index in [1.165, 1.54) is 43.2 Å². The Morgan fingerprint density at radius 1 is 1.03 bits per heavy atom. The molecule has 2 aromatic carbocycles. The summed E-state index contributed by atoms with van der Waals surface area (Å²) in [6, 6.07) is 13.5. The molecule has 0 N–H and O–H groups in total. The van der Waals surface area contributed by atoms with Gasteiger partial charge in [0.1, 0.15) is 18.2 Å². The average Bonchev–Trinajstić information content (AvgIpc) is 2.83. The Kier molecular flexibility index (Phi) is 8.97. The van der Waals surface area contributed by atoms with Crippen molar-refractivity contribution in [1.29, 1.82) is 0 Å². The van der Waals surface area contributed by atoms with Gasteiger partial charge in [0.05, 0.1) is 17.9 Å². The second-order valence-electron chi connectivity index (χ2n) is 8.11. The van der Waals surface area contributed by atoms with Crippen LogP contribution in [0.3, 0.4) is 0 Å². The summed E-state index contributed by atoms with van der Waals surface area (Å²) in [6.45, 7) is 0.687. The minimum Gasteiger partial charge on any atom is -0.492 e. The summed E-state index contributed by atoms with van der Waals surface area (Å²) in [5.74, 6) is 0.536. The lowest BCUT2D eigenvalue weighted by molar-refractivity contribution is -0.129. The molecule has 0 saturated heterocycles. The number of ether oxygens (including phenoxy) is 1. The van der Waals surface area contributed by atoms with Crippen LogP contribution in [0.1, 0.15) is 42.5 Å². The normalized spacial score (nSPS) is 14.1. The monoisotopic (exact) mass is 458 g/mol. The van der Waals surface area contributed by atoms with Gasteiger partial charge in [0.2, 0.25) is 5.91 Å². The number of thioether (sulfide) groups is 1. The number of nitrogens with zero attached hydrogens (tertiary/aromatic N) is 2. The molecule has 2 amide bonds. The van der Waals surface area contributed by atoms with Crippen LogP contribution in [0.25, 0.3) is 0 Å². The topological polar surface area (TPSA) is 49.9 Å². The predicted octanol–water partition coefficient (Wildman–Crippen LogP) is 4.86. The number of hydrogen-bond acceptors (Lipinski definition) is 4. The van der Waals surface area contributed by atoms with Gasteiger partial charge in [-0.3, -0.25) is 9.59 Å². The Labute approximate surface area is 193 Å². The Bertz CT molecular complexity index is 900. The fourth-order valence-electron chi connectivity index (χ4n) is 3.82. The van der Waals surface area contributed by atoms with Crippen molar-refractivity contribution in [3.8, 4) is 5.75 Å². The standard InChI is InChI=1S/C25H31FN2O3S/c1-27(16-17-31-21-14-12-19(26)13-15-21)25(30)22-10-6-7-11-23(22)32-18-24(29)28(2)20-8-4-3-5-9-20/h6-7,10-15,20H,3-5,8-9,16-18H2,1-2H3. The van der Waals surface area contributed by atoms with Crippen molar-refractivity contribution >= 4 is 23.6 Å². The largest absolute Gasteiger partial charge is 0.492 e. The van der Waals surface area contributed by atoms with Crippen molar-refractivity contribution in [3.63, 3.8) is 0 Å². The van der Waals surface area contributed by atoms with Crippen molar-refractivity contribution in [1.82, 2.24) is 9.80 Å². The Hall–Kier alpha value is -2.54. The molecule has 172 valence electrons. The van der Waals surface area contributed by atoms with Gasteiger partial charge in [-0.25, -0.2) is 4.39 Å². The quantitative estimate of drug-likeness (QED) is 0.504. The summed E-state index contributed by atoms with van der Waals surface area (Å²) >= 11 is 1.41. The van der Waals surface area contributed by atoms with Gasteiger partial charge in [0, 0.05) is 25.0 Å². The van der Waals surface area contributed by atoms with E-state index >= 15 is 0 Å². The van der Waals surface area contributed by atoms with Crippen LogP contribution < -0.4 is 4.74 Å². The number of carbonyl (C=O) groups is 2. The molecule has 0 radical (unpaired) electrons. The minimum atomic E-state index is -0.317. The third-order valence-electron chi connectivity index (χ3n) is 5.84.